The van der Waals surface area contributed by atoms with Crippen molar-refractivity contribution >= 4 is 36.2 Å². The van der Waals surface area contributed by atoms with Crippen LogP contribution >= 0.6 is 36.2 Å². The molecule has 1 aliphatic rings. The zero-order chi connectivity index (χ0) is 13.4. The highest BCUT2D eigenvalue weighted by Gasteiger charge is 2.19. The number of rotatable bonds is 2. The number of hydrogen-bond acceptors (Lipinski definition) is 7. The van der Waals surface area contributed by atoms with Crippen LogP contribution < -0.4 is 5.32 Å². The summed E-state index contributed by atoms with van der Waals surface area (Å²) >= 11 is 1.52. The molecule has 0 amide bonds. The SMILES string of the molecule is Cl.Cl.c1cnc(-c2nc(-c3nnc4n3CCNC4)cs2)nc1. The van der Waals surface area contributed by atoms with Crippen molar-refractivity contribution in [2.45, 2.75) is 13.1 Å². The van der Waals surface area contributed by atoms with Crippen molar-refractivity contribution in [3.63, 3.8) is 0 Å². The Bertz CT molecular complexity index is 743. The van der Waals surface area contributed by atoms with Gasteiger partial charge in [-0.05, 0) is 6.07 Å². The lowest BCUT2D eigenvalue weighted by atomic mass is 10.4. The van der Waals surface area contributed by atoms with Crippen molar-refractivity contribution in [3.05, 3.63) is 29.7 Å². The second-order valence-electron chi connectivity index (χ2n) is 4.38. The van der Waals surface area contributed by atoms with E-state index >= 15 is 0 Å². The number of nitrogens with one attached hydrogen (secondary N) is 1. The third-order valence-electron chi connectivity index (χ3n) is 3.11. The number of fused-ring (bicyclic) bond motifs is 1. The molecule has 3 aromatic heterocycles. The summed E-state index contributed by atoms with van der Waals surface area (Å²) in [5.74, 6) is 2.42. The van der Waals surface area contributed by atoms with E-state index in [9.17, 15) is 0 Å². The smallest absolute Gasteiger partial charge is 0.188 e. The van der Waals surface area contributed by atoms with E-state index in [1.54, 1.807) is 18.5 Å². The molecule has 7 nitrogen and oxygen atoms in total. The molecule has 1 N–H and O–H groups in total. The molecule has 1 aliphatic heterocycles. The van der Waals surface area contributed by atoms with Gasteiger partial charge in [0.1, 0.15) is 11.5 Å². The molecule has 0 atom stereocenters. The van der Waals surface area contributed by atoms with Crippen molar-refractivity contribution in [2.24, 2.45) is 0 Å². The molecular weight excluding hydrogens is 345 g/mol. The van der Waals surface area contributed by atoms with Crippen molar-refractivity contribution in [2.75, 3.05) is 6.54 Å². The Morgan fingerprint density at radius 3 is 2.77 bits per heavy atom. The summed E-state index contributed by atoms with van der Waals surface area (Å²) in [4.78, 5) is 13.0. The zero-order valence-electron chi connectivity index (χ0n) is 11.3. The topological polar surface area (TPSA) is 81.4 Å². The van der Waals surface area contributed by atoms with E-state index in [4.69, 9.17) is 0 Å². The standard InChI is InChI=1S/C12H11N7S.2ClH/c1-2-14-10(15-3-1)12-16-8(7-20-12)11-18-17-9-6-13-4-5-19(9)11;;/h1-3,7,13H,4-6H2;2*1H. The molecule has 3 aromatic rings. The van der Waals surface area contributed by atoms with Crippen LogP contribution in [0.15, 0.2) is 23.8 Å². The summed E-state index contributed by atoms with van der Waals surface area (Å²) in [7, 11) is 0. The van der Waals surface area contributed by atoms with Crippen LogP contribution in [0.2, 0.25) is 0 Å². The third kappa shape index (κ3) is 2.95. The molecule has 0 aromatic carbocycles. The molecule has 0 saturated carbocycles. The van der Waals surface area contributed by atoms with Gasteiger partial charge in [0, 0.05) is 30.9 Å². The average Bonchev–Trinajstić information content (AvgIpc) is 3.14. The van der Waals surface area contributed by atoms with E-state index in [2.05, 4.69) is 35.0 Å². The van der Waals surface area contributed by atoms with Gasteiger partial charge in [0.2, 0.25) is 0 Å². The lowest BCUT2D eigenvalue weighted by Crippen LogP contribution is -2.28. The van der Waals surface area contributed by atoms with Crippen molar-refractivity contribution in [1.29, 1.82) is 0 Å². The van der Waals surface area contributed by atoms with E-state index < -0.39 is 0 Å². The summed E-state index contributed by atoms with van der Waals surface area (Å²) in [5, 5.41) is 14.5. The van der Waals surface area contributed by atoms with Crippen molar-refractivity contribution in [1.82, 2.24) is 35.0 Å². The minimum Gasteiger partial charge on any atom is -0.308 e. The Morgan fingerprint density at radius 2 is 1.95 bits per heavy atom. The van der Waals surface area contributed by atoms with Gasteiger partial charge in [0.25, 0.3) is 0 Å². The largest absolute Gasteiger partial charge is 0.308 e. The summed E-state index contributed by atoms with van der Waals surface area (Å²) < 4.78 is 2.11. The van der Waals surface area contributed by atoms with E-state index in [1.165, 1.54) is 11.3 Å². The molecular formula is C12H13Cl2N7S. The molecule has 0 unspecified atom stereocenters. The fourth-order valence-electron chi connectivity index (χ4n) is 2.17. The Morgan fingerprint density at radius 1 is 1.14 bits per heavy atom. The minimum absolute atomic E-state index is 0. The second-order valence-corrected chi connectivity index (χ2v) is 5.24. The molecule has 0 fully saturated rings. The van der Waals surface area contributed by atoms with E-state index in [0.717, 1.165) is 42.0 Å². The maximum absolute atomic E-state index is 4.58. The Kier molecular flexibility index (Phi) is 5.41. The number of thiazole rings is 1. The molecule has 4 heterocycles. The molecule has 22 heavy (non-hydrogen) atoms. The third-order valence-corrected chi connectivity index (χ3v) is 3.95. The molecule has 10 heteroatoms. The molecule has 0 spiro atoms. The summed E-state index contributed by atoms with van der Waals surface area (Å²) in [6.45, 7) is 2.55. The highest BCUT2D eigenvalue weighted by atomic mass is 35.5. The van der Waals surface area contributed by atoms with Crippen molar-refractivity contribution in [3.8, 4) is 22.4 Å². The van der Waals surface area contributed by atoms with Crippen LogP contribution in [0.1, 0.15) is 5.82 Å². The summed E-state index contributed by atoms with van der Waals surface area (Å²) in [6, 6.07) is 1.79. The molecule has 0 saturated heterocycles. The van der Waals surface area contributed by atoms with Crippen LogP contribution in [0, 0.1) is 0 Å². The maximum atomic E-state index is 4.58. The first kappa shape index (κ1) is 16.8. The molecule has 116 valence electrons. The van der Waals surface area contributed by atoms with Gasteiger partial charge in [-0.2, -0.15) is 0 Å². The van der Waals surface area contributed by atoms with Crippen LogP contribution in [0.4, 0.5) is 0 Å². The van der Waals surface area contributed by atoms with E-state index in [0.29, 0.717) is 5.82 Å². The highest BCUT2D eigenvalue weighted by Crippen LogP contribution is 2.26. The first-order chi connectivity index (χ1) is 9.92. The van der Waals surface area contributed by atoms with Crippen molar-refractivity contribution < 1.29 is 0 Å². The fourth-order valence-corrected chi connectivity index (χ4v) is 2.91. The van der Waals surface area contributed by atoms with Crippen LogP contribution in [0.25, 0.3) is 22.4 Å². The van der Waals surface area contributed by atoms with E-state index in [-0.39, 0.29) is 24.8 Å². The Labute approximate surface area is 143 Å². The van der Waals surface area contributed by atoms with Gasteiger partial charge < -0.3 is 9.88 Å². The number of aromatic nitrogens is 6. The minimum atomic E-state index is 0. The fraction of sp³-hybridized carbons (Fsp3) is 0.250. The Balaban J connectivity index is 0.000000882. The molecule has 4 rings (SSSR count). The van der Waals surface area contributed by atoms with E-state index in [1.807, 2.05) is 5.38 Å². The monoisotopic (exact) mass is 357 g/mol. The molecule has 0 radical (unpaired) electrons. The predicted molar refractivity (Wildman–Crippen MR) is 88.4 cm³/mol. The van der Waals surface area contributed by atoms with Gasteiger partial charge in [-0.15, -0.1) is 46.3 Å². The van der Waals surface area contributed by atoms with Gasteiger partial charge >= 0.3 is 0 Å². The molecule has 0 aliphatic carbocycles. The first-order valence-corrected chi connectivity index (χ1v) is 7.16. The number of halogens is 2. The van der Waals surface area contributed by atoms with Crippen LogP contribution in [0.3, 0.4) is 0 Å². The maximum Gasteiger partial charge on any atom is 0.188 e. The van der Waals surface area contributed by atoms with Gasteiger partial charge in [-0.3, -0.25) is 0 Å². The van der Waals surface area contributed by atoms with Gasteiger partial charge in [-0.1, -0.05) is 0 Å². The average molecular weight is 358 g/mol. The summed E-state index contributed by atoms with van der Waals surface area (Å²) in [5.41, 5.74) is 0.832. The van der Waals surface area contributed by atoms with Gasteiger partial charge in [0.05, 0.1) is 6.54 Å². The van der Waals surface area contributed by atoms with Gasteiger partial charge in [0.15, 0.2) is 16.7 Å². The van der Waals surface area contributed by atoms with Crippen LogP contribution in [-0.4, -0.2) is 36.3 Å². The molecule has 0 bridgehead atoms. The van der Waals surface area contributed by atoms with Gasteiger partial charge in [-0.25, -0.2) is 15.0 Å². The first-order valence-electron chi connectivity index (χ1n) is 6.28. The zero-order valence-corrected chi connectivity index (χ0v) is 13.8. The number of nitrogens with zero attached hydrogens (tertiary/aromatic N) is 6. The predicted octanol–water partition coefficient (Wildman–Crippen LogP) is 1.81. The number of hydrogen-bond donors (Lipinski definition) is 1. The van der Waals surface area contributed by atoms with Crippen LogP contribution in [-0.2, 0) is 13.1 Å². The summed E-state index contributed by atoms with van der Waals surface area (Å²) in [6.07, 6.45) is 3.43. The lowest BCUT2D eigenvalue weighted by Gasteiger charge is -2.15. The quantitative estimate of drug-likeness (QED) is 0.753. The highest BCUT2D eigenvalue weighted by molar-refractivity contribution is 7.13. The normalized spacial score (nSPS) is 12.9. The Hall–Kier alpha value is -1.61. The lowest BCUT2D eigenvalue weighted by molar-refractivity contribution is 0.508. The van der Waals surface area contributed by atoms with Crippen LogP contribution in [0.5, 0.6) is 0 Å². The second kappa shape index (κ2) is 7.10.